The molecule has 2 aromatic rings. The zero-order chi connectivity index (χ0) is 13.2. The molecule has 0 heterocycles. The van der Waals surface area contributed by atoms with Crippen LogP contribution in [0.15, 0.2) is 48.5 Å². The minimum absolute atomic E-state index is 0.0144. The van der Waals surface area contributed by atoms with E-state index < -0.39 is 0 Å². The summed E-state index contributed by atoms with van der Waals surface area (Å²) in [7, 11) is 0. The highest BCUT2D eigenvalue weighted by Gasteiger charge is 2.27. The third-order valence-electron chi connectivity index (χ3n) is 3.79. The van der Waals surface area contributed by atoms with Crippen molar-refractivity contribution in [3.8, 4) is 0 Å². The van der Waals surface area contributed by atoms with E-state index in [1.807, 2.05) is 24.3 Å². The molecule has 0 aliphatic heterocycles. The maximum atomic E-state index is 13.1. The van der Waals surface area contributed by atoms with Crippen molar-refractivity contribution < 1.29 is 9.18 Å². The van der Waals surface area contributed by atoms with Gasteiger partial charge in [0.05, 0.1) is 0 Å². The number of Topliss-reactive ketones (excluding diaryl/α,β-unsaturated/α-hetero) is 1. The molecule has 0 bridgehead atoms. The van der Waals surface area contributed by atoms with E-state index in [4.69, 9.17) is 0 Å². The fourth-order valence-electron chi connectivity index (χ4n) is 2.86. The standard InChI is InChI=1S/C17H15FO/c18-14-6-3-4-12(10-14)11-17(19)16-9-8-13-5-1-2-7-15(13)16/h1-7,10,16H,8-9,11H2. The molecule has 0 radical (unpaired) electrons. The van der Waals surface area contributed by atoms with Crippen molar-refractivity contribution in [2.24, 2.45) is 0 Å². The summed E-state index contributed by atoms with van der Waals surface area (Å²) < 4.78 is 13.1. The Morgan fingerprint density at radius 2 is 2.00 bits per heavy atom. The molecule has 19 heavy (non-hydrogen) atoms. The van der Waals surface area contributed by atoms with Crippen molar-refractivity contribution in [3.05, 3.63) is 71.0 Å². The van der Waals surface area contributed by atoms with Crippen LogP contribution in [-0.4, -0.2) is 5.78 Å². The molecule has 0 N–H and O–H groups in total. The summed E-state index contributed by atoms with van der Waals surface area (Å²) in [6.45, 7) is 0. The first-order valence-electron chi connectivity index (χ1n) is 6.59. The van der Waals surface area contributed by atoms with Gasteiger partial charge in [-0.05, 0) is 41.7 Å². The number of benzene rings is 2. The van der Waals surface area contributed by atoms with Crippen LogP contribution in [0.3, 0.4) is 0 Å². The number of rotatable bonds is 3. The van der Waals surface area contributed by atoms with E-state index in [1.54, 1.807) is 6.07 Å². The highest BCUT2D eigenvalue weighted by Crippen LogP contribution is 2.34. The number of aryl methyl sites for hydroxylation is 1. The Morgan fingerprint density at radius 3 is 2.84 bits per heavy atom. The van der Waals surface area contributed by atoms with Crippen LogP contribution in [0.1, 0.15) is 29.0 Å². The third kappa shape index (κ3) is 2.43. The fraction of sp³-hybridized carbons (Fsp3) is 0.235. The van der Waals surface area contributed by atoms with Crippen LogP contribution in [0.5, 0.6) is 0 Å². The first-order chi connectivity index (χ1) is 9.24. The van der Waals surface area contributed by atoms with Crippen molar-refractivity contribution in [2.45, 2.75) is 25.2 Å². The van der Waals surface area contributed by atoms with Crippen LogP contribution in [0.4, 0.5) is 4.39 Å². The molecule has 2 aromatic carbocycles. The first-order valence-corrected chi connectivity index (χ1v) is 6.59. The number of fused-ring (bicyclic) bond motifs is 1. The van der Waals surface area contributed by atoms with Crippen LogP contribution in [0.2, 0.25) is 0 Å². The van der Waals surface area contributed by atoms with E-state index in [9.17, 15) is 9.18 Å². The van der Waals surface area contributed by atoms with Crippen LogP contribution in [0, 0.1) is 5.82 Å². The summed E-state index contributed by atoms with van der Waals surface area (Å²) in [5.41, 5.74) is 3.19. The average Bonchev–Trinajstić information content (AvgIpc) is 2.82. The molecular formula is C17H15FO. The summed E-state index contributed by atoms with van der Waals surface area (Å²) >= 11 is 0. The summed E-state index contributed by atoms with van der Waals surface area (Å²) in [6, 6.07) is 14.4. The topological polar surface area (TPSA) is 17.1 Å². The van der Waals surface area contributed by atoms with Crippen molar-refractivity contribution in [3.63, 3.8) is 0 Å². The van der Waals surface area contributed by atoms with Gasteiger partial charge in [0.2, 0.25) is 0 Å². The monoisotopic (exact) mass is 254 g/mol. The lowest BCUT2D eigenvalue weighted by atomic mass is 9.92. The molecule has 0 aromatic heterocycles. The SMILES string of the molecule is O=C(Cc1cccc(F)c1)C1CCc2ccccc21. The van der Waals surface area contributed by atoms with Crippen LogP contribution in [-0.2, 0) is 17.6 Å². The zero-order valence-electron chi connectivity index (χ0n) is 10.6. The lowest BCUT2D eigenvalue weighted by molar-refractivity contribution is -0.119. The van der Waals surface area contributed by atoms with Crippen molar-refractivity contribution in [2.75, 3.05) is 0 Å². The van der Waals surface area contributed by atoms with Gasteiger partial charge in [-0.3, -0.25) is 4.79 Å². The number of hydrogen-bond donors (Lipinski definition) is 0. The Bertz CT molecular complexity index is 618. The van der Waals surface area contributed by atoms with Crippen LogP contribution < -0.4 is 0 Å². The Kier molecular flexibility index (Phi) is 3.16. The Labute approximate surface area is 112 Å². The molecule has 0 amide bonds. The highest BCUT2D eigenvalue weighted by atomic mass is 19.1. The molecule has 0 fully saturated rings. The maximum absolute atomic E-state index is 13.1. The molecule has 0 saturated carbocycles. The third-order valence-corrected chi connectivity index (χ3v) is 3.79. The Morgan fingerprint density at radius 1 is 1.16 bits per heavy atom. The average molecular weight is 254 g/mol. The number of hydrogen-bond acceptors (Lipinski definition) is 1. The molecule has 1 aliphatic rings. The smallest absolute Gasteiger partial charge is 0.144 e. The van der Waals surface area contributed by atoms with Gasteiger partial charge in [0.25, 0.3) is 0 Å². The number of halogens is 1. The van der Waals surface area contributed by atoms with Crippen molar-refractivity contribution in [1.29, 1.82) is 0 Å². The molecule has 2 heteroatoms. The molecule has 0 saturated heterocycles. The first kappa shape index (κ1) is 12.1. The normalized spacial score (nSPS) is 17.2. The summed E-state index contributed by atoms with van der Waals surface area (Å²) in [4.78, 5) is 12.4. The van der Waals surface area contributed by atoms with E-state index in [-0.39, 0.29) is 17.5 Å². The zero-order valence-corrected chi connectivity index (χ0v) is 10.6. The minimum Gasteiger partial charge on any atom is -0.299 e. The van der Waals surface area contributed by atoms with Gasteiger partial charge in [0.15, 0.2) is 0 Å². The van der Waals surface area contributed by atoms with Crippen LogP contribution in [0.25, 0.3) is 0 Å². The minimum atomic E-state index is -0.280. The van der Waals surface area contributed by atoms with Gasteiger partial charge in [-0.2, -0.15) is 0 Å². The van der Waals surface area contributed by atoms with Gasteiger partial charge in [0, 0.05) is 12.3 Å². The lowest BCUT2D eigenvalue weighted by Gasteiger charge is -2.10. The maximum Gasteiger partial charge on any atom is 0.144 e. The summed E-state index contributed by atoms with van der Waals surface area (Å²) in [5.74, 6) is -0.105. The molecule has 96 valence electrons. The second-order valence-electron chi connectivity index (χ2n) is 5.06. The largest absolute Gasteiger partial charge is 0.299 e. The summed E-state index contributed by atoms with van der Waals surface area (Å²) in [5, 5.41) is 0. The molecule has 1 aliphatic carbocycles. The Balaban J connectivity index is 1.79. The fourth-order valence-corrected chi connectivity index (χ4v) is 2.86. The van der Waals surface area contributed by atoms with Gasteiger partial charge >= 0.3 is 0 Å². The molecular weight excluding hydrogens is 239 g/mol. The molecule has 3 rings (SSSR count). The molecule has 1 unspecified atom stereocenters. The number of carbonyl (C=O) groups excluding carboxylic acids is 1. The molecule has 0 spiro atoms. The van der Waals surface area contributed by atoms with Gasteiger partial charge in [-0.15, -0.1) is 0 Å². The molecule has 1 nitrogen and oxygen atoms in total. The lowest BCUT2D eigenvalue weighted by Crippen LogP contribution is -2.12. The molecule has 1 atom stereocenters. The Hall–Kier alpha value is -1.96. The van der Waals surface area contributed by atoms with E-state index in [2.05, 4.69) is 6.07 Å². The van der Waals surface area contributed by atoms with E-state index in [1.165, 1.54) is 17.7 Å². The van der Waals surface area contributed by atoms with Crippen molar-refractivity contribution >= 4 is 5.78 Å². The van der Waals surface area contributed by atoms with Crippen molar-refractivity contribution in [1.82, 2.24) is 0 Å². The predicted octanol–water partition coefficient (Wildman–Crippen LogP) is 3.67. The van der Waals surface area contributed by atoms with E-state index >= 15 is 0 Å². The summed E-state index contributed by atoms with van der Waals surface area (Å²) in [6.07, 6.45) is 2.17. The van der Waals surface area contributed by atoms with Gasteiger partial charge < -0.3 is 0 Å². The van der Waals surface area contributed by atoms with Gasteiger partial charge in [-0.1, -0.05) is 36.4 Å². The van der Waals surface area contributed by atoms with Gasteiger partial charge in [-0.25, -0.2) is 4.39 Å². The van der Waals surface area contributed by atoms with Crippen LogP contribution >= 0.6 is 0 Å². The quantitative estimate of drug-likeness (QED) is 0.816. The van der Waals surface area contributed by atoms with E-state index in [0.29, 0.717) is 6.42 Å². The second kappa shape index (κ2) is 4.96. The number of ketones is 1. The van der Waals surface area contributed by atoms with E-state index in [0.717, 1.165) is 24.0 Å². The van der Waals surface area contributed by atoms with Gasteiger partial charge in [0.1, 0.15) is 11.6 Å². The second-order valence-corrected chi connectivity index (χ2v) is 5.06. The number of carbonyl (C=O) groups is 1. The predicted molar refractivity (Wildman–Crippen MR) is 72.6 cm³/mol. The highest BCUT2D eigenvalue weighted by molar-refractivity contribution is 5.88.